The number of sulfone groups is 1. The average Bonchev–Trinajstić information content (AvgIpc) is 2.76. The van der Waals surface area contributed by atoms with Crippen LogP contribution in [-0.2, 0) is 25.2 Å². The molecule has 0 heterocycles. The van der Waals surface area contributed by atoms with Crippen LogP contribution in [0.5, 0.6) is 0 Å². The zero-order valence-corrected chi connectivity index (χ0v) is 13.0. The van der Waals surface area contributed by atoms with E-state index in [1.165, 1.54) is 6.92 Å². The van der Waals surface area contributed by atoms with Gasteiger partial charge in [0, 0.05) is 12.8 Å². The van der Waals surface area contributed by atoms with E-state index in [2.05, 4.69) is 0 Å². The Morgan fingerprint density at radius 1 is 0.955 bits per heavy atom. The molecular weight excluding hydrogens is 300 g/mol. The monoisotopic (exact) mass is 316 g/mol. The molecule has 2 aromatic rings. The Morgan fingerprint density at radius 3 is 2.23 bits per heavy atom. The minimum Gasteiger partial charge on any atom is -0.297 e. The quantitative estimate of drug-likeness (QED) is 0.816. The summed E-state index contributed by atoms with van der Waals surface area (Å²) in [6, 6.07) is 12.9. The molecule has 1 aliphatic rings. The average molecular weight is 316 g/mol. The third-order valence-electron chi connectivity index (χ3n) is 4.49. The third kappa shape index (κ3) is 2.08. The Balaban J connectivity index is 2.08. The molecule has 1 aliphatic carbocycles. The highest BCUT2D eigenvalue weighted by atomic mass is 32.2. The van der Waals surface area contributed by atoms with Crippen LogP contribution in [0.15, 0.2) is 42.5 Å². The predicted octanol–water partition coefficient (Wildman–Crippen LogP) is 2.45. The smallest absolute Gasteiger partial charge is 0.185 e. The Labute approximate surface area is 129 Å². The lowest BCUT2D eigenvalue weighted by atomic mass is 10.1. The van der Waals surface area contributed by atoms with Crippen molar-refractivity contribution in [1.82, 2.24) is 0 Å². The molecule has 2 aromatic carbocycles. The lowest BCUT2D eigenvalue weighted by molar-refractivity contribution is -0.124. The summed E-state index contributed by atoms with van der Waals surface area (Å²) in [5, 5.41) is 1.76. The molecule has 22 heavy (non-hydrogen) atoms. The minimum absolute atomic E-state index is 0.0180. The number of carbonyl (C=O) groups is 2. The van der Waals surface area contributed by atoms with Gasteiger partial charge in [0.25, 0.3) is 0 Å². The molecule has 3 rings (SSSR count). The lowest BCUT2D eigenvalue weighted by Gasteiger charge is -2.21. The van der Waals surface area contributed by atoms with Crippen LogP contribution in [-0.4, -0.2) is 24.7 Å². The van der Waals surface area contributed by atoms with Crippen LogP contribution in [0.1, 0.15) is 25.3 Å². The largest absolute Gasteiger partial charge is 0.297 e. The number of benzene rings is 2. The van der Waals surface area contributed by atoms with Gasteiger partial charge in [0.15, 0.2) is 26.2 Å². The van der Waals surface area contributed by atoms with Gasteiger partial charge in [-0.2, -0.15) is 0 Å². The highest BCUT2D eigenvalue weighted by Crippen LogP contribution is 2.33. The second-order valence-electron chi connectivity index (χ2n) is 5.78. The van der Waals surface area contributed by atoms with Crippen molar-refractivity contribution in [3.8, 4) is 0 Å². The van der Waals surface area contributed by atoms with Gasteiger partial charge in [0.1, 0.15) is 0 Å². The number of Topliss-reactive ketones (excluding diaryl/α,β-unsaturated/α-hetero) is 2. The van der Waals surface area contributed by atoms with Gasteiger partial charge in [-0.15, -0.1) is 0 Å². The molecule has 0 aromatic heterocycles. The Morgan fingerprint density at radius 2 is 1.55 bits per heavy atom. The molecule has 0 spiro atoms. The summed E-state index contributed by atoms with van der Waals surface area (Å²) in [6.45, 7) is 1.26. The molecule has 0 N–H and O–H groups in total. The molecule has 0 saturated heterocycles. The standard InChI is InChI=1S/C17H16O4S/c1-17(15(18)9-10-16(17)19)22(20,21)11-13-7-4-6-12-5-2-3-8-14(12)13/h2-8H,9-11H2,1H3. The van der Waals surface area contributed by atoms with Gasteiger partial charge >= 0.3 is 0 Å². The highest BCUT2D eigenvalue weighted by Gasteiger charge is 2.55. The maximum atomic E-state index is 12.7. The molecule has 114 valence electrons. The molecule has 5 heteroatoms. The second-order valence-corrected chi connectivity index (χ2v) is 8.11. The van der Waals surface area contributed by atoms with E-state index in [1.807, 2.05) is 30.3 Å². The summed E-state index contributed by atoms with van der Waals surface area (Å²) in [5.74, 6) is -1.28. The first-order chi connectivity index (χ1) is 10.4. The van der Waals surface area contributed by atoms with E-state index in [4.69, 9.17) is 0 Å². The molecule has 4 nitrogen and oxygen atoms in total. The molecule has 0 bridgehead atoms. The van der Waals surface area contributed by atoms with Crippen molar-refractivity contribution in [2.24, 2.45) is 0 Å². The minimum atomic E-state index is -3.90. The number of fused-ring (bicyclic) bond motifs is 1. The van der Waals surface area contributed by atoms with Gasteiger partial charge in [0.2, 0.25) is 0 Å². The predicted molar refractivity (Wildman–Crippen MR) is 84.2 cm³/mol. The number of hydrogen-bond donors (Lipinski definition) is 0. The maximum Gasteiger partial charge on any atom is 0.185 e. The van der Waals surface area contributed by atoms with Crippen LogP contribution >= 0.6 is 0 Å². The lowest BCUT2D eigenvalue weighted by Crippen LogP contribution is -2.46. The van der Waals surface area contributed by atoms with Crippen LogP contribution in [0.4, 0.5) is 0 Å². The van der Waals surface area contributed by atoms with Crippen molar-refractivity contribution in [3.05, 3.63) is 48.0 Å². The van der Waals surface area contributed by atoms with E-state index < -0.39 is 26.2 Å². The molecule has 0 atom stereocenters. The third-order valence-corrected chi connectivity index (χ3v) is 6.88. The first-order valence-corrected chi connectivity index (χ1v) is 8.77. The van der Waals surface area contributed by atoms with Crippen molar-refractivity contribution in [2.45, 2.75) is 30.3 Å². The fourth-order valence-electron chi connectivity index (χ4n) is 2.97. The summed E-state index contributed by atoms with van der Waals surface area (Å²) in [7, 11) is -3.90. The summed E-state index contributed by atoms with van der Waals surface area (Å²) in [6.07, 6.45) is 0.0359. The van der Waals surface area contributed by atoms with Gasteiger partial charge in [0.05, 0.1) is 5.75 Å². The van der Waals surface area contributed by atoms with Gasteiger partial charge in [-0.25, -0.2) is 8.42 Å². The van der Waals surface area contributed by atoms with E-state index in [0.29, 0.717) is 5.56 Å². The molecule has 1 saturated carbocycles. The molecular formula is C17H16O4S. The fraction of sp³-hybridized carbons (Fsp3) is 0.294. The molecule has 0 unspecified atom stereocenters. The van der Waals surface area contributed by atoms with Crippen molar-refractivity contribution >= 4 is 32.2 Å². The van der Waals surface area contributed by atoms with Crippen LogP contribution in [0.25, 0.3) is 10.8 Å². The Hall–Kier alpha value is -2.01. The van der Waals surface area contributed by atoms with Crippen LogP contribution in [0.2, 0.25) is 0 Å². The van der Waals surface area contributed by atoms with Gasteiger partial charge in [-0.1, -0.05) is 42.5 Å². The van der Waals surface area contributed by atoms with Crippen molar-refractivity contribution < 1.29 is 18.0 Å². The van der Waals surface area contributed by atoms with Crippen LogP contribution in [0.3, 0.4) is 0 Å². The van der Waals surface area contributed by atoms with E-state index >= 15 is 0 Å². The number of rotatable bonds is 3. The van der Waals surface area contributed by atoms with Crippen LogP contribution in [0, 0.1) is 0 Å². The Kier molecular flexibility index (Phi) is 3.40. The summed E-state index contributed by atoms with van der Waals surface area (Å²) < 4.78 is 23.6. The fourth-order valence-corrected chi connectivity index (χ4v) is 4.82. The zero-order chi connectivity index (χ0) is 16.0. The molecule has 0 amide bonds. The van der Waals surface area contributed by atoms with Gasteiger partial charge in [-0.05, 0) is 23.3 Å². The van der Waals surface area contributed by atoms with Crippen molar-refractivity contribution in [2.75, 3.05) is 0 Å². The van der Waals surface area contributed by atoms with E-state index in [0.717, 1.165) is 10.8 Å². The summed E-state index contributed by atoms with van der Waals surface area (Å²) >= 11 is 0. The Bertz CT molecular complexity index is 859. The highest BCUT2D eigenvalue weighted by molar-refractivity contribution is 7.93. The van der Waals surface area contributed by atoms with Crippen molar-refractivity contribution in [3.63, 3.8) is 0 Å². The number of ketones is 2. The van der Waals surface area contributed by atoms with Crippen LogP contribution < -0.4 is 0 Å². The van der Waals surface area contributed by atoms with E-state index in [9.17, 15) is 18.0 Å². The maximum absolute atomic E-state index is 12.7. The molecule has 1 fully saturated rings. The zero-order valence-electron chi connectivity index (χ0n) is 12.2. The molecule has 0 radical (unpaired) electrons. The first-order valence-electron chi connectivity index (χ1n) is 7.12. The van der Waals surface area contributed by atoms with E-state index in [-0.39, 0.29) is 18.6 Å². The number of carbonyl (C=O) groups excluding carboxylic acids is 2. The number of hydrogen-bond acceptors (Lipinski definition) is 4. The van der Waals surface area contributed by atoms with Gasteiger partial charge in [-0.3, -0.25) is 9.59 Å². The summed E-state index contributed by atoms with van der Waals surface area (Å²) in [5.41, 5.74) is 0.617. The van der Waals surface area contributed by atoms with E-state index in [1.54, 1.807) is 12.1 Å². The molecule has 0 aliphatic heterocycles. The van der Waals surface area contributed by atoms with Gasteiger partial charge < -0.3 is 0 Å². The first kappa shape index (κ1) is 14.9. The second kappa shape index (κ2) is 5.02. The normalized spacial score (nSPS) is 18.0. The summed E-state index contributed by atoms with van der Waals surface area (Å²) in [4.78, 5) is 24.0. The topological polar surface area (TPSA) is 68.3 Å². The SMILES string of the molecule is CC1(S(=O)(=O)Cc2cccc3ccccc23)C(=O)CCC1=O. The van der Waals surface area contributed by atoms with Crippen molar-refractivity contribution in [1.29, 1.82) is 0 Å².